The third-order valence-corrected chi connectivity index (χ3v) is 4.17. The van der Waals surface area contributed by atoms with E-state index in [2.05, 4.69) is 0 Å². The molecule has 1 aromatic heterocycles. The van der Waals surface area contributed by atoms with Crippen molar-refractivity contribution in [1.29, 1.82) is 0 Å². The molecule has 22 heavy (non-hydrogen) atoms. The number of carbonyl (C=O) groups is 1. The van der Waals surface area contributed by atoms with E-state index in [1.54, 1.807) is 23.1 Å². The van der Waals surface area contributed by atoms with Gasteiger partial charge in [0.1, 0.15) is 5.82 Å². The minimum atomic E-state index is -0.314. The van der Waals surface area contributed by atoms with Gasteiger partial charge in [-0.1, -0.05) is 12.1 Å². The highest BCUT2D eigenvalue weighted by Gasteiger charge is 2.27. The van der Waals surface area contributed by atoms with Gasteiger partial charge in [-0.3, -0.25) is 4.79 Å². The average Bonchev–Trinajstić information content (AvgIpc) is 3.04. The third-order valence-electron chi connectivity index (χ3n) is 4.17. The van der Waals surface area contributed by atoms with Gasteiger partial charge in [0.2, 0.25) is 0 Å². The van der Waals surface area contributed by atoms with E-state index in [1.807, 2.05) is 0 Å². The van der Waals surface area contributed by atoms with E-state index in [0.29, 0.717) is 18.7 Å². The van der Waals surface area contributed by atoms with Gasteiger partial charge in [0, 0.05) is 25.3 Å². The Morgan fingerprint density at radius 1 is 1.23 bits per heavy atom. The van der Waals surface area contributed by atoms with Crippen LogP contribution >= 0.6 is 0 Å². The van der Waals surface area contributed by atoms with E-state index in [1.165, 1.54) is 18.4 Å². The molecular weight excluding hydrogens is 285 g/mol. The lowest BCUT2D eigenvalue weighted by atomic mass is 9.97. The van der Waals surface area contributed by atoms with E-state index < -0.39 is 0 Å². The maximum Gasteiger partial charge on any atom is 0.290 e. The summed E-state index contributed by atoms with van der Waals surface area (Å²) in [5.74, 6) is 0.0955. The summed E-state index contributed by atoms with van der Waals surface area (Å²) in [6.45, 7) is 1.41. The summed E-state index contributed by atoms with van der Waals surface area (Å²) >= 11 is 0. The summed E-state index contributed by atoms with van der Waals surface area (Å²) in [6.07, 6.45) is 3.08. The highest BCUT2D eigenvalue weighted by Crippen LogP contribution is 2.27. The van der Waals surface area contributed by atoms with Crippen molar-refractivity contribution in [3.8, 4) is 11.1 Å². The predicted octanol–water partition coefficient (Wildman–Crippen LogP) is 2.93. The van der Waals surface area contributed by atoms with Crippen LogP contribution in [0.3, 0.4) is 0 Å². The molecule has 0 spiro atoms. The lowest BCUT2D eigenvalue weighted by molar-refractivity contribution is 0.0621. The molecule has 0 radical (unpaired) electrons. The Morgan fingerprint density at radius 3 is 2.55 bits per heavy atom. The van der Waals surface area contributed by atoms with Gasteiger partial charge in [-0.2, -0.15) is 0 Å². The molecule has 4 nitrogen and oxygen atoms in total. The van der Waals surface area contributed by atoms with E-state index in [0.717, 1.165) is 18.4 Å². The van der Waals surface area contributed by atoms with Gasteiger partial charge in [0.15, 0.2) is 5.76 Å². The molecule has 1 aliphatic rings. The van der Waals surface area contributed by atoms with Crippen LogP contribution in [0.1, 0.15) is 23.4 Å². The summed E-state index contributed by atoms with van der Waals surface area (Å²) in [6, 6.07) is 7.72. The molecule has 1 aromatic carbocycles. The number of rotatable bonds is 3. The van der Waals surface area contributed by atoms with Gasteiger partial charge in [-0.15, -0.1) is 0 Å². The molecule has 1 saturated heterocycles. The summed E-state index contributed by atoms with van der Waals surface area (Å²) in [4.78, 5) is 14.4. The minimum Gasteiger partial charge on any atom is -0.459 e. The van der Waals surface area contributed by atoms with Crippen LogP contribution in [-0.2, 0) is 0 Å². The summed E-state index contributed by atoms with van der Waals surface area (Å²) in [5, 5.41) is 9.16. The van der Waals surface area contributed by atoms with Gasteiger partial charge in [0.25, 0.3) is 5.91 Å². The van der Waals surface area contributed by atoms with Crippen LogP contribution in [0.25, 0.3) is 11.1 Å². The molecular formula is C17H18FNO3. The van der Waals surface area contributed by atoms with Crippen molar-refractivity contribution in [3.05, 3.63) is 48.2 Å². The number of aliphatic hydroxyl groups is 1. The zero-order valence-electron chi connectivity index (χ0n) is 12.2. The molecule has 1 amide bonds. The lowest BCUT2D eigenvalue weighted by Crippen LogP contribution is -2.39. The summed E-state index contributed by atoms with van der Waals surface area (Å²) in [7, 11) is 0. The Morgan fingerprint density at radius 2 is 1.91 bits per heavy atom. The Labute approximate surface area is 128 Å². The topological polar surface area (TPSA) is 53.7 Å². The molecule has 116 valence electrons. The Bertz CT molecular complexity index is 642. The molecule has 1 N–H and O–H groups in total. The highest BCUT2D eigenvalue weighted by molar-refractivity contribution is 5.98. The van der Waals surface area contributed by atoms with Crippen molar-refractivity contribution in [3.63, 3.8) is 0 Å². The van der Waals surface area contributed by atoms with Crippen molar-refractivity contribution in [2.75, 3.05) is 19.7 Å². The number of benzene rings is 1. The molecule has 0 aliphatic carbocycles. The molecule has 0 unspecified atom stereocenters. The van der Waals surface area contributed by atoms with Crippen molar-refractivity contribution >= 4 is 5.91 Å². The Hall–Kier alpha value is -2.14. The maximum atomic E-state index is 13.0. The second-order valence-electron chi connectivity index (χ2n) is 5.59. The van der Waals surface area contributed by atoms with Crippen LogP contribution in [0, 0.1) is 11.7 Å². The van der Waals surface area contributed by atoms with Crippen LogP contribution in [0.4, 0.5) is 4.39 Å². The SMILES string of the molecule is O=C(c1occc1-c1ccc(F)cc1)N1CCC(CO)CC1. The van der Waals surface area contributed by atoms with Gasteiger partial charge in [-0.25, -0.2) is 4.39 Å². The van der Waals surface area contributed by atoms with Crippen molar-refractivity contribution < 1.29 is 18.7 Å². The fourth-order valence-electron chi connectivity index (χ4n) is 2.79. The van der Waals surface area contributed by atoms with E-state index >= 15 is 0 Å². The van der Waals surface area contributed by atoms with Crippen molar-refractivity contribution in [1.82, 2.24) is 4.90 Å². The molecule has 0 atom stereocenters. The van der Waals surface area contributed by atoms with Crippen LogP contribution in [0.5, 0.6) is 0 Å². The fourth-order valence-corrected chi connectivity index (χ4v) is 2.79. The number of aliphatic hydroxyl groups excluding tert-OH is 1. The number of halogens is 1. The fraction of sp³-hybridized carbons (Fsp3) is 0.353. The first-order valence-corrected chi connectivity index (χ1v) is 7.42. The zero-order chi connectivity index (χ0) is 15.5. The average molecular weight is 303 g/mol. The van der Waals surface area contributed by atoms with Crippen LogP contribution < -0.4 is 0 Å². The van der Waals surface area contributed by atoms with Crippen LogP contribution in [0.15, 0.2) is 41.0 Å². The van der Waals surface area contributed by atoms with Gasteiger partial charge in [-0.05, 0) is 42.5 Å². The second-order valence-corrected chi connectivity index (χ2v) is 5.59. The van der Waals surface area contributed by atoms with Crippen LogP contribution in [-0.4, -0.2) is 35.6 Å². The standard InChI is InChI=1S/C17H18FNO3/c18-14-3-1-13(2-4-14)15-7-10-22-16(15)17(21)19-8-5-12(11-20)6-9-19/h1-4,7,10,12,20H,5-6,8-9,11H2. The molecule has 2 heterocycles. The van der Waals surface area contributed by atoms with Crippen LogP contribution in [0.2, 0.25) is 0 Å². The number of furan rings is 1. The summed E-state index contributed by atoms with van der Waals surface area (Å²) < 4.78 is 18.4. The number of hydrogen-bond donors (Lipinski definition) is 1. The normalized spacial score (nSPS) is 16.0. The lowest BCUT2D eigenvalue weighted by Gasteiger charge is -2.30. The minimum absolute atomic E-state index is 0.152. The van der Waals surface area contributed by atoms with E-state index in [9.17, 15) is 9.18 Å². The number of carbonyl (C=O) groups excluding carboxylic acids is 1. The first-order chi connectivity index (χ1) is 10.7. The summed E-state index contributed by atoms with van der Waals surface area (Å²) in [5.41, 5.74) is 1.43. The molecule has 2 aromatic rings. The van der Waals surface area contributed by atoms with Gasteiger partial charge in [0.05, 0.1) is 6.26 Å². The molecule has 0 bridgehead atoms. The molecule has 1 aliphatic heterocycles. The number of likely N-dealkylation sites (tertiary alicyclic amines) is 1. The largest absolute Gasteiger partial charge is 0.459 e. The number of nitrogens with zero attached hydrogens (tertiary/aromatic N) is 1. The number of hydrogen-bond acceptors (Lipinski definition) is 3. The quantitative estimate of drug-likeness (QED) is 0.948. The predicted molar refractivity (Wildman–Crippen MR) is 79.8 cm³/mol. The highest BCUT2D eigenvalue weighted by atomic mass is 19.1. The molecule has 0 saturated carbocycles. The first-order valence-electron chi connectivity index (χ1n) is 7.42. The molecule has 5 heteroatoms. The van der Waals surface area contributed by atoms with E-state index in [4.69, 9.17) is 9.52 Å². The van der Waals surface area contributed by atoms with Gasteiger partial charge >= 0.3 is 0 Å². The smallest absolute Gasteiger partial charge is 0.290 e. The Kier molecular flexibility index (Phi) is 4.24. The van der Waals surface area contributed by atoms with Crippen molar-refractivity contribution in [2.24, 2.45) is 5.92 Å². The third kappa shape index (κ3) is 2.90. The molecule has 1 fully saturated rings. The first kappa shape index (κ1) is 14.8. The monoisotopic (exact) mass is 303 g/mol. The second kappa shape index (κ2) is 6.32. The van der Waals surface area contributed by atoms with Crippen molar-refractivity contribution in [2.45, 2.75) is 12.8 Å². The van der Waals surface area contributed by atoms with Gasteiger partial charge < -0.3 is 14.4 Å². The maximum absolute atomic E-state index is 13.0. The molecule has 3 rings (SSSR count). The Balaban J connectivity index is 1.80. The van der Waals surface area contributed by atoms with E-state index in [-0.39, 0.29) is 30.0 Å². The number of piperidine rings is 1. The number of amides is 1. The zero-order valence-corrected chi connectivity index (χ0v) is 12.2.